The first-order valence-electron chi connectivity index (χ1n) is 6.56. The van der Waals surface area contributed by atoms with Crippen LogP contribution in [-0.4, -0.2) is 11.0 Å². The summed E-state index contributed by atoms with van der Waals surface area (Å²) in [6.07, 6.45) is 5.03. The Hall–Kier alpha value is -1.68. The van der Waals surface area contributed by atoms with Gasteiger partial charge in [0.25, 0.3) is 5.91 Å². The molecule has 1 fully saturated rings. The fourth-order valence-corrected chi connectivity index (χ4v) is 2.35. The highest BCUT2D eigenvalue weighted by Crippen LogP contribution is 2.24. The van der Waals surface area contributed by atoms with Crippen LogP contribution in [0.5, 0.6) is 0 Å². The number of carbonyl (C=O) groups is 1. The minimum absolute atomic E-state index is 0.0598. The van der Waals surface area contributed by atoms with Gasteiger partial charge in [-0.2, -0.15) is 0 Å². The van der Waals surface area contributed by atoms with Gasteiger partial charge in [-0.3, -0.25) is 9.69 Å². The molecule has 0 aromatic heterocycles. The van der Waals surface area contributed by atoms with E-state index in [0.717, 1.165) is 30.5 Å². The normalized spacial score (nSPS) is 17.2. The molecule has 0 atom stereocenters. The van der Waals surface area contributed by atoms with E-state index in [1.54, 1.807) is 4.90 Å². The van der Waals surface area contributed by atoms with Crippen molar-refractivity contribution in [2.75, 3.05) is 4.90 Å². The van der Waals surface area contributed by atoms with Crippen molar-refractivity contribution in [2.24, 2.45) is 0 Å². The van der Waals surface area contributed by atoms with E-state index in [-0.39, 0.29) is 5.91 Å². The van der Waals surface area contributed by atoms with E-state index in [1.165, 1.54) is 0 Å². The van der Waals surface area contributed by atoms with Crippen LogP contribution in [0.4, 0.5) is 5.69 Å². The molecule has 0 spiro atoms. The summed E-state index contributed by atoms with van der Waals surface area (Å²) in [6.45, 7) is 4.11. The second kappa shape index (κ2) is 5.97. The van der Waals surface area contributed by atoms with Crippen LogP contribution in [0.2, 0.25) is 0 Å². The van der Waals surface area contributed by atoms with Crippen LogP contribution in [0.1, 0.15) is 31.7 Å². The first-order valence-corrected chi connectivity index (χ1v) is 6.97. The number of nitrogens with one attached hydrogen (secondary N) is 1. The molecule has 0 bridgehead atoms. The Bertz CT molecular complexity index is 537. The molecular formula is C15H18N2OS. The fourth-order valence-electron chi connectivity index (χ4n) is 2.06. The minimum atomic E-state index is -0.0598. The average molecular weight is 274 g/mol. The second-order valence-electron chi connectivity index (χ2n) is 4.62. The van der Waals surface area contributed by atoms with Gasteiger partial charge in [-0.05, 0) is 43.6 Å². The lowest BCUT2D eigenvalue weighted by Crippen LogP contribution is -2.30. The SMILES string of the molecule is CCCC/C=C1/NC(=S)N(c2ccccc2C)C1=O. The number of benzene rings is 1. The third-order valence-electron chi connectivity index (χ3n) is 3.14. The zero-order valence-electron chi connectivity index (χ0n) is 11.3. The number of allylic oxidation sites excluding steroid dienone is 1. The highest BCUT2D eigenvalue weighted by atomic mass is 32.1. The topological polar surface area (TPSA) is 32.3 Å². The summed E-state index contributed by atoms with van der Waals surface area (Å²) in [4.78, 5) is 13.9. The molecule has 1 aromatic rings. The van der Waals surface area contributed by atoms with Gasteiger partial charge >= 0.3 is 0 Å². The molecule has 1 N–H and O–H groups in total. The maximum atomic E-state index is 12.4. The number of carbonyl (C=O) groups excluding carboxylic acids is 1. The predicted molar refractivity (Wildman–Crippen MR) is 82.0 cm³/mol. The maximum Gasteiger partial charge on any atom is 0.280 e. The predicted octanol–water partition coefficient (Wildman–Crippen LogP) is 3.29. The van der Waals surface area contributed by atoms with E-state index in [0.29, 0.717) is 10.8 Å². The number of nitrogens with zero attached hydrogens (tertiary/aromatic N) is 1. The van der Waals surface area contributed by atoms with Gasteiger partial charge in [0.05, 0.1) is 5.69 Å². The van der Waals surface area contributed by atoms with Crippen LogP contribution in [0.3, 0.4) is 0 Å². The summed E-state index contributed by atoms with van der Waals surface area (Å²) in [5, 5.41) is 3.47. The monoisotopic (exact) mass is 274 g/mol. The number of amides is 1. The molecule has 19 heavy (non-hydrogen) atoms. The molecule has 1 aliphatic rings. The first kappa shape index (κ1) is 13.7. The van der Waals surface area contributed by atoms with Gasteiger partial charge in [-0.25, -0.2) is 0 Å². The van der Waals surface area contributed by atoms with Gasteiger partial charge < -0.3 is 5.32 Å². The van der Waals surface area contributed by atoms with Crippen LogP contribution in [-0.2, 0) is 4.79 Å². The van der Waals surface area contributed by atoms with Gasteiger partial charge in [0.1, 0.15) is 5.70 Å². The lowest BCUT2D eigenvalue weighted by atomic mass is 10.2. The van der Waals surface area contributed by atoms with Gasteiger partial charge in [0, 0.05) is 0 Å². The first-order chi connectivity index (χ1) is 9.15. The Kier molecular flexibility index (Phi) is 4.32. The van der Waals surface area contributed by atoms with E-state index in [1.807, 2.05) is 37.3 Å². The third-order valence-corrected chi connectivity index (χ3v) is 3.43. The summed E-state index contributed by atoms with van der Waals surface area (Å²) >= 11 is 5.27. The summed E-state index contributed by atoms with van der Waals surface area (Å²) in [7, 11) is 0. The lowest BCUT2D eigenvalue weighted by Gasteiger charge is -2.16. The van der Waals surface area contributed by atoms with Gasteiger partial charge in [0.2, 0.25) is 0 Å². The fraction of sp³-hybridized carbons (Fsp3) is 0.333. The number of unbranched alkanes of at least 4 members (excludes halogenated alkanes) is 2. The molecule has 1 amide bonds. The lowest BCUT2D eigenvalue weighted by molar-refractivity contribution is -0.113. The van der Waals surface area contributed by atoms with Crippen LogP contribution < -0.4 is 10.2 Å². The second-order valence-corrected chi connectivity index (χ2v) is 5.00. The number of thiocarbonyl (C=S) groups is 1. The molecule has 0 radical (unpaired) electrons. The van der Waals surface area contributed by atoms with E-state index in [2.05, 4.69) is 12.2 Å². The number of para-hydroxylation sites is 1. The average Bonchev–Trinajstić information content (AvgIpc) is 2.66. The largest absolute Gasteiger partial charge is 0.328 e. The van der Waals surface area contributed by atoms with E-state index >= 15 is 0 Å². The number of rotatable bonds is 4. The molecule has 2 rings (SSSR count). The molecule has 1 heterocycles. The van der Waals surface area contributed by atoms with Gasteiger partial charge in [0.15, 0.2) is 5.11 Å². The molecule has 0 unspecified atom stereocenters. The van der Waals surface area contributed by atoms with Crippen molar-refractivity contribution in [3.8, 4) is 0 Å². The minimum Gasteiger partial charge on any atom is -0.328 e. The number of hydrogen-bond acceptors (Lipinski definition) is 2. The number of anilines is 1. The molecule has 1 aromatic carbocycles. The maximum absolute atomic E-state index is 12.4. The number of aryl methyl sites for hydroxylation is 1. The van der Waals surface area contributed by atoms with Crippen LogP contribution in [0.25, 0.3) is 0 Å². The van der Waals surface area contributed by atoms with Gasteiger partial charge in [-0.1, -0.05) is 37.6 Å². The summed E-state index contributed by atoms with van der Waals surface area (Å²) in [6, 6.07) is 7.76. The highest BCUT2D eigenvalue weighted by molar-refractivity contribution is 7.80. The molecule has 1 saturated heterocycles. The van der Waals surface area contributed by atoms with Crippen molar-refractivity contribution in [1.29, 1.82) is 0 Å². The summed E-state index contributed by atoms with van der Waals surface area (Å²) in [5.74, 6) is -0.0598. The van der Waals surface area contributed by atoms with Crippen LogP contribution in [0, 0.1) is 6.92 Å². The van der Waals surface area contributed by atoms with Crippen LogP contribution in [0.15, 0.2) is 36.0 Å². The van der Waals surface area contributed by atoms with E-state index < -0.39 is 0 Å². The summed E-state index contributed by atoms with van der Waals surface area (Å²) in [5.41, 5.74) is 2.49. The van der Waals surface area contributed by atoms with E-state index in [4.69, 9.17) is 12.2 Å². The Morgan fingerprint density at radius 2 is 2.11 bits per heavy atom. The molecule has 4 heteroatoms. The Balaban J connectivity index is 2.24. The Morgan fingerprint density at radius 3 is 2.79 bits per heavy atom. The molecule has 0 aliphatic carbocycles. The van der Waals surface area contributed by atoms with Crippen molar-refractivity contribution in [3.05, 3.63) is 41.6 Å². The van der Waals surface area contributed by atoms with Crippen molar-refractivity contribution in [1.82, 2.24) is 5.32 Å². The molecule has 3 nitrogen and oxygen atoms in total. The Morgan fingerprint density at radius 1 is 1.37 bits per heavy atom. The van der Waals surface area contributed by atoms with E-state index in [9.17, 15) is 4.79 Å². The van der Waals surface area contributed by atoms with Crippen molar-refractivity contribution in [3.63, 3.8) is 0 Å². The third kappa shape index (κ3) is 2.84. The van der Waals surface area contributed by atoms with Crippen LogP contribution >= 0.6 is 12.2 Å². The Labute approximate surface area is 119 Å². The zero-order valence-corrected chi connectivity index (χ0v) is 12.1. The zero-order chi connectivity index (χ0) is 13.8. The smallest absolute Gasteiger partial charge is 0.280 e. The number of hydrogen-bond donors (Lipinski definition) is 1. The standard InChI is InChI=1S/C15H18N2OS/c1-3-4-5-9-12-14(18)17(15(19)16-12)13-10-7-6-8-11(13)2/h6-10H,3-5H2,1-2H3,(H,16,19)/b12-9+. The quantitative estimate of drug-likeness (QED) is 0.519. The molecule has 1 aliphatic heterocycles. The molecule has 100 valence electrons. The summed E-state index contributed by atoms with van der Waals surface area (Å²) < 4.78 is 0. The molecule has 0 saturated carbocycles. The van der Waals surface area contributed by atoms with Crippen molar-refractivity contribution >= 4 is 28.9 Å². The van der Waals surface area contributed by atoms with Crippen molar-refractivity contribution in [2.45, 2.75) is 33.1 Å². The molecular weight excluding hydrogens is 256 g/mol. The van der Waals surface area contributed by atoms with Crippen molar-refractivity contribution < 1.29 is 4.79 Å². The highest BCUT2D eigenvalue weighted by Gasteiger charge is 2.32. The van der Waals surface area contributed by atoms with Gasteiger partial charge in [-0.15, -0.1) is 0 Å².